The molecule has 0 saturated carbocycles. The fourth-order valence-corrected chi connectivity index (χ4v) is 3.83. The Morgan fingerprint density at radius 2 is 1.85 bits per heavy atom. The van der Waals surface area contributed by atoms with Crippen molar-refractivity contribution in [3.05, 3.63) is 99.7 Å². The first-order chi connectivity index (χ1) is 16.0. The largest absolute Gasteiger partial charge is 0.360 e. The van der Waals surface area contributed by atoms with E-state index in [2.05, 4.69) is 44.9 Å². The van der Waals surface area contributed by atoms with Crippen molar-refractivity contribution in [2.75, 3.05) is 13.1 Å². The number of aromatic nitrogens is 2. The van der Waals surface area contributed by atoms with Crippen LogP contribution in [0.4, 0.5) is 4.39 Å². The molecule has 1 amide bonds. The number of fused-ring (bicyclic) bond motifs is 1. The Bertz CT molecular complexity index is 1260. The van der Waals surface area contributed by atoms with E-state index in [1.54, 1.807) is 18.5 Å². The summed E-state index contributed by atoms with van der Waals surface area (Å²) in [7, 11) is 0. The smallest absolute Gasteiger partial charge is 0.253 e. The van der Waals surface area contributed by atoms with Gasteiger partial charge >= 0.3 is 0 Å². The number of carbonyl (C=O) groups excluding carboxylic acids is 1. The van der Waals surface area contributed by atoms with Gasteiger partial charge in [-0.3, -0.25) is 9.78 Å². The zero-order valence-corrected chi connectivity index (χ0v) is 18.8. The highest BCUT2D eigenvalue weighted by Crippen LogP contribution is 2.25. The van der Waals surface area contributed by atoms with Gasteiger partial charge in [-0.25, -0.2) is 4.39 Å². The van der Waals surface area contributed by atoms with Gasteiger partial charge in [0.1, 0.15) is 5.82 Å². The maximum Gasteiger partial charge on any atom is 0.253 e. The average Bonchev–Trinajstić information content (AvgIpc) is 3.18. The highest BCUT2D eigenvalue weighted by atomic mass is 35.5. The van der Waals surface area contributed by atoms with Crippen LogP contribution in [0.2, 0.25) is 5.02 Å². The number of nitrogens with two attached hydrogens (primary N) is 1. The van der Waals surface area contributed by atoms with E-state index in [1.807, 2.05) is 6.07 Å². The molecule has 0 aliphatic rings. The summed E-state index contributed by atoms with van der Waals surface area (Å²) in [6, 6.07) is 13.1. The second-order valence-electron chi connectivity index (χ2n) is 7.85. The second kappa shape index (κ2) is 10.6. The topological polar surface area (TPSA) is 95.8 Å². The van der Waals surface area contributed by atoms with Crippen LogP contribution in [0.5, 0.6) is 0 Å². The van der Waals surface area contributed by atoms with Crippen LogP contribution >= 0.6 is 11.6 Å². The molecule has 0 unspecified atom stereocenters. The van der Waals surface area contributed by atoms with E-state index < -0.39 is 5.82 Å². The average molecular weight is 466 g/mol. The van der Waals surface area contributed by atoms with Crippen molar-refractivity contribution < 1.29 is 9.18 Å². The Kier molecular flexibility index (Phi) is 7.34. The third-order valence-electron chi connectivity index (χ3n) is 5.38. The zero-order valence-electron chi connectivity index (χ0n) is 18.0. The molecule has 4 aromatic rings. The number of pyridine rings is 1. The van der Waals surface area contributed by atoms with Crippen molar-refractivity contribution in [2.45, 2.75) is 19.5 Å². The molecule has 170 valence electrons. The quantitative estimate of drug-likeness (QED) is 0.282. The first-order valence-electron chi connectivity index (χ1n) is 10.7. The highest BCUT2D eigenvalue weighted by molar-refractivity contribution is 6.35. The fourth-order valence-electron chi connectivity index (χ4n) is 3.62. The van der Waals surface area contributed by atoms with Gasteiger partial charge in [-0.05, 0) is 41.3 Å². The van der Waals surface area contributed by atoms with Crippen molar-refractivity contribution in [1.82, 2.24) is 20.6 Å². The SMILES string of the molecule is NCCNCc1ccc(Cc2cncc(C(=O)NCc3cc4c(Cl)c[nH]c4cc3F)c2)cc1. The van der Waals surface area contributed by atoms with Crippen molar-refractivity contribution in [2.24, 2.45) is 5.73 Å². The Balaban J connectivity index is 1.38. The molecule has 0 aliphatic carbocycles. The summed E-state index contributed by atoms with van der Waals surface area (Å²) in [6.07, 6.45) is 5.52. The number of rotatable bonds is 9. The van der Waals surface area contributed by atoms with Crippen LogP contribution < -0.4 is 16.4 Å². The number of hydrogen-bond acceptors (Lipinski definition) is 4. The molecule has 0 fully saturated rings. The molecule has 6 nitrogen and oxygen atoms in total. The molecule has 0 spiro atoms. The van der Waals surface area contributed by atoms with Gasteiger partial charge in [-0.1, -0.05) is 35.9 Å². The highest BCUT2D eigenvalue weighted by Gasteiger charge is 2.12. The molecule has 33 heavy (non-hydrogen) atoms. The van der Waals surface area contributed by atoms with E-state index in [4.69, 9.17) is 17.3 Å². The summed E-state index contributed by atoms with van der Waals surface area (Å²) in [5, 5.41) is 7.26. The van der Waals surface area contributed by atoms with Crippen LogP contribution in [0, 0.1) is 5.82 Å². The summed E-state index contributed by atoms with van der Waals surface area (Å²) in [5.41, 5.74) is 10.1. The molecular formula is C25H25ClFN5O. The summed E-state index contributed by atoms with van der Waals surface area (Å²) in [5.74, 6) is -0.722. The van der Waals surface area contributed by atoms with Crippen LogP contribution in [0.3, 0.4) is 0 Å². The Morgan fingerprint density at radius 3 is 2.64 bits per heavy atom. The Morgan fingerprint density at radius 1 is 1.06 bits per heavy atom. The number of nitrogens with one attached hydrogen (secondary N) is 3. The molecule has 0 saturated heterocycles. The van der Waals surface area contributed by atoms with Gasteiger partial charge in [0, 0.05) is 61.2 Å². The van der Waals surface area contributed by atoms with Gasteiger partial charge < -0.3 is 21.4 Å². The molecule has 0 atom stereocenters. The first kappa shape index (κ1) is 22.9. The number of amides is 1. The van der Waals surface area contributed by atoms with Gasteiger partial charge in [0.05, 0.1) is 10.6 Å². The minimum Gasteiger partial charge on any atom is -0.360 e. The Labute approximate surface area is 196 Å². The molecular weight excluding hydrogens is 441 g/mol. The second-order valence-corrected chi connectivity index (χ2v) is 8.26. The third kappa shape index (κ3) is 5.76. The third-order valence-corrected chi connectivity index (χ3v) is 5.69. The molecule has 2 aromatic heterocycles. The number of aromatic amines is 1. The van der Waals surface area contributed by atoms with E-state index in [-0.39, 0.29) is 12.5 Å². The number of H-pyrrole nitrogens is 1. The van der Waals surface area contributed by atoms with Crippen LogP contribution in [-0.4, -0.2) is 29.0 Å². The lowest BCUT2D eigenvalue weighted by Crippen LogP contribution is -2.23. The molecule has 0 aliphatic heterocycles. The predicted molar refractivity (Wildman–Crippen MR) is 129 cm³/mol. The van der Waals surface area contributed by atoms with Crippen molar-refractivity contribution in [3.63, 3.8) is 0 Å². The molecule has 2 heterocycles. The lowest BCUT2D eigenvalue weighted by molar-refractivity contribution is 0.0950. The summed E-state index contributed by atoms with van der Waals surface area (Å²) in [4.78, 5) is 19.8. The van der Waals surface area contributed by atoms with Crippen molar-refractivity contribution in [1.29, 1.82) is 0 Å². The van der Waals surface area contributed by atoms with Crippen LogP contribution in [0.1, 0.15) is 32.6 Å². The number of hydrogen-bond donors (Lipinski definition) is 4. The normalized spacial score (nSPS) is 11.1. The molecule has 0 bridgehead atoms. The van der Waals surface area contributed by atoms with Crippen LogP contribution in [0.15, 0.2) is 61.1 Å². The molecule has 2 aromatic carbocycles. The lowest BCUT2D eigenvalue weighted by Gasteiger charge is -2.09. The predicted octanol–water partition coefficient (Wildman–Crippen LogP) is 3.92. The van der Waals surface area contributed by atoms with Gasteiger partial charge in [-0.2, -0.15) is 0 Å². The maximum absolute atomic E-state index is 14.4. The lowest BCUT2D eigenvalue weighted by atomic mass is 10.0. The van der Waals surface area contributed by atoms with Gasteiger partial charge in [0.2, 0.25) is 0 Å². The first-order valence-corrected chi connectivity index (χ1v) is 11.1. The fraction of sp³-hybridized carbons (Fsp3) is 0.200. The van der Waals surface area contributed by atoms with E-state index in [0.29, 0.717) is 40.0 Å². The monoisotopic (exact) mass is 465 g/mol. The Hall–Kier alpha value is -3.26. The number of carbonyl (C=O) groups is 1. The molecule has 8 heteroatoms. The van der Waals surface area contributed by atoms with Crippen LogP contribution in [-0.2, 0) is 19.5 Å². The summed E-state index contributed by atoms with van der Waals surface area (Å²) >= 11 is 6.12. The van der Waals surface area contributed by atoms with Crippen LogP contribution in [0.25, 0.3) is 10.9 Å². The standard InChI is InChI=1S/C25H25ClFN5O/c26-22-15-31-24-10-23(27)19(9-21(22)24)14-32-25(33)20-8-18(12-30-13-20)7-16-1-3-17(4-2-16)11-29-6-5-28/h1-4,8-10,12-13,15,29,31H,5-7,11,14,28H2,(H,32,33). The maximum atomic E-state index is 14.4. The van der Waals surface area contributed by atoms with E-state index >= 15 is 0 Å². The van der Waals surface area contributed by atoms with E-state index in [9.17, 15) is 9.18 Å². The minimum atomic E-state index is -0.408. The summed E-state index contributed by atoms with van der Waals surface area (Å²) < 4.78 is 14.4. The summed E-state index contributed by atoms with van der Waals surface area (Å²) in [6.45, 7) is 2.22. The number of halogens is 2. The van der Waals surface area contributed by atoms with Gasteiger partial charge in [0.25, 0.3) is 5.91 Å². The van der Waals surface area contributed by atoms with E-state index in [0.717, 1.165) is 24.2 Å². The number of nitrogens with zero attached hydrogens (tertiary/aromatic N) is 1. The molecule has 0 radical (unpaired) electrons. The van der Waals surface area contributed by atoms with Gasteiger partial charge in [-0.15, -0.1) is 0 Å². The molecule has 5 N–H and O–H groups in total. The number of benzene rings is 2. The zero-order chi connectivity index (χ0) is 23.2. The van der Waals surface area contributed by atoms with Crippen molar-refractivity contribution in [3.8, 4) is 0 Å². The van der Waals surface area contributed by atoms with Crippen molar-refractivity contribution >= 4 is 28.4 Å². The van der Waals surface area contributed by atoms with Gasteiger partial charge in [0.15, 0.2) is 0 Å². The minimum absolute atomic E-state index is 0.0476. The van der Waals surface area contributed by atoms with E-state index in [1.165, 1.54) is 17.8 Å². The molecule has 4 rings (SSSR count).